The number of rotatable bonds is 4. The first-order chi connectivity index (χ1) is 8.01. The number of carbonyl (C=O) groups is 1. The molecule has 6 heteroatoms. The van der Waals surface area contributed by atoms with Crippen LogP contribution in [0.15, 0.2) is 12.1 Å². The van der Waals surface area contributed by atoms with Crippen molar-refractivity contribution in [2.75, 3.05) is 6.61 Å². The Kier molecular flexibility index (Phi) is 3.78. The summed E-state index contributed by atoms with van der Waals surface area (Å²) in [6.45, 7) is 3.22. The van der Waals surface area contributed by atoms with Gasteiger partial charge in [-0.05, 0) is 19.9 Å². The molecule has 0 fully saturated rings. The van der Waals surface area contributed by atoms with Crippen LogP contribution in [0.2, 0.25) is 0 Å². The zero-order valence-corrected chi connectivity index (χ0v) is 9.39. The van der Waals surface area contributed by atoms with Gasteiger partial charge in [0.25, 0.3) is 5.69 Å². The van der Waals surface area contributed by atoms with E-state index in [4.69, 9.17) is 10.00 Å². The number of nitro benzene ring substituents is 1. The highest BCUT2D eigenvalue weighted by Crippen LogP contribution is 2.28. The minimum absolute atomic E-state index is 0.0462. The second-order valence-corrected chi connectivity index (χ2v) is 3.22. The van der Waals surface area contributed by atoms with Crippen molar-refractivity contribution in [3.63, 3.8) is 0 Å². The molecule has 0 aliphatic carbocycles. The fourth-order valence-electron chi connectivity index (χ4n) is 1.45. The lowest BCUT2D eigenvalue weighted by atomic mass is 10.0. The van der Waals surface area contributed by atoms with E-state index in [0.29, 0.717) is 6.61 Å². The fraction of sp³-hybridized carbons (Fsp3) is 0.273. The van der Waals surface area contributed by atoms with Crippen molar-refractivity contribution in [1.82, 2.24) is 0 Å². The summed E-state index contributed by atoms with van der Waals surface area (Å²) in [7, 11) is 0. The van der Waals surface area contributed by atoms with Crippen molar-refractivity contribution in [2.45, 2.75) is 13.8 Å². The van der Waals surface area contributed by atoms with Gasteiger partial charge in [-0.3, -0.25) is 14.9 Å². The maximum absolute atomic E-state index is 11.3. The van der Waals surface area contributed by atoms with E-state index in [-0.39, 0.29) is 16.9 Å². The molecule has 0 spiro atoms. The van der Waals surface area contributed by atoms with Crippen LogP contribution >= 0.6 is 0 Å². The molecule has 0 aliphatic rings. The van der Waals surface area contributed by atoms with E-state index in [0.717, 1.165) is 6.07 Å². The van der Waals surface area contributed by atoms with Gasteiger partial charge in [0, 0.05) is 0 Å². The van der Waals surface area contributed by atoms with Crippen molar-refractivity contribution < 1.29 is 14.5 Å². The van der Waals surface area contributed by atoms with Crippen LogP contribution in [0.25, 0.3) is 0 Å². The summed E-state index contributed by atoms with van der Waals surface area (Å²) in [5, 5.41) is 19.7. The van der Waals surface area contributed by atoms with Gasteiger partial charge < -0.3 is 4.74 Å². The molecule has 0 heterocycles. The molecule has 1 rings (SSSR count). The number of benzene rings is 1. The third kappa shape index (κ3) is 2.58. The van der Waals surface area contributed by atoms with E-state index >= 15 is 0 Å². The summed E-state index contributed by atoms with van der Waals surface area (Å²) >= 11 is 0. The molecule has 0 saturated carbocycles. The van der Waals surface area contributed by atoms with Crippen molar-refractivity contribution >= 4 is 11.5 Å². The van der Waals surface area contributed by atoms with Gasteiger partial charge in [0.2, 0.25) is 0 Å². The second-order valence-electron chi connectivity index (χ2n) is 3.22. The number of Topliss-reactive ketones (excluding diaryl/α,β-unsaturated/α-hetero) is 1. The first-order valence-electron chi connectivity index (χ1n) is 4.87. The molecule has 0 N–H and O–H groups in total. The van der Waals surface area contributed by atoms with Crippen LogP contribution in [-0.2, 0) is 0 Å². The van der Waals surface area contributed by atoms with Crippen molar-refractivity contribution in [3.05, 3.63) is 33.4 Å². The Morgan fingerprint density at radius 1 is 1.59 bits per heavy atom. The Labute approximate surface area is 97.6 Å². The number of nitrogens with zero attached hydrogens (tertiary/aromatic N) is 2. The molecular formula is C11H10N2O4. The van der Waals surface area contributed by atoms with E-state index in [9.17, 15) is 14.9 Å². The van der Waals surface area contributed by atoms with E-state index in [1.54, 1.807) is 13.0 Å². The quantitative estimate of drug-likeness (QED) is 0.451. The normalized spacial score (nSPS) is 9.47. The van der Waals surface area contributed by atoms with E-state index in [1.807, 2.05) is 0 Å². The number of carbonyl (C=O) groups excluding carboxylic acids is 1. The predicted octanol–water partition coefficient (Wildman–Crippen LogP) is 2.07. The molecule has 88 valence electrons. The molecule has 0 radical (unpaired) electrons. The van der Waals surface area contributed by atoms with E-state index in [2.05, 4.69) is 0 Å². The zero-order valence-electron chi connectivity index (χ0n) is 9.39. The van der Waals surface area contributed by atoms with Gasteiger partial charge in [-0.1, -0.05) is 0 Å². The Hall–Kier alpha value is -2.42. The van der Waals surface area contributed by atoms with Crippen LogP contribution in [0.3, 0.4) is 0 Å². The largest absolute Gasteiger partial charge is 0.494 e. The third-order valence-electron chi connectivity index (χ3n) is 2.07. The van der Waals surface area contributed by atoms with Crippen LogP contribution in [0.4, 0.5) is 5.69 Å². The minimum atomic E-state index is -0.694. The van der Waals surface area contributed by atoms with Gasteiger partial charge >= 0.3 is 0 Å². The number of nitro groups is 1. The smallest absolute Gasteiger partial charge is 0.285 e. The molecule has 0 aromatic heterocycles. The number of hydrogen-bond acceptors (Lipinski definition) is 5. The van der Waals surface area contributed by atoms with Gasteiger partial charge in [-0.25, -0.2) is 0 Å². The second kappa shape index (κ2) is 5.07. The first kappa shape index (κ1) is 12.6. The average Bonchev–Trinajstić information content (AvgIpc) is 2.27. The molecule has 0 amide bonds. The molecular weight excluding hydrogens is 224 g/mol. The molecule has 0 aliphatic heterocycles. The monoisotopic (exact) mass is 234 g/mol. The molecule has 0 atom stereocenters. The lowest BCUT2D eigenvalue weighted by molar-refractivity contribution is -0.385. The van der Waals surface area contributed by atoms with Gasteiger partial charge in [-0.2, -0.15) is 5.26 Å². The Balaban J connectivity index is 3.53. The van der Waals surface area contributed by atoms with Crippen LogP contribution in [0.1, 0.15) is 29.8 Å². The molecule has 17 heavy (non-hydrogen) atoms. The maximum Gasteiger partial charge on any atom is 0.285 e. The molecule has 1 aromatic rings. The summed E-state index contributed by atoms with van der Waals surface area (Å²) < 4.78 is 5.11. The highest BCUT2D eigenvalue weighted by Gasteiger charge is 2.23. The van der Waals surface area contributed by atoms with Gasteiger partial charge in [-0.15, -0.1) is 0 Å². The van der Waals surface area contributed by atoms with E-state index in [1.165, 1.54) is 13.0 Å². The Bertz CT molecular complexity index is 517. The lowest BCUT2D eigenvalue weighted by Crippen LogP contribution is -2.05. The molecule has 1 aromatic carbocycles. The highest BCUT2D eigenvalue weighted by molar-refractivity contribution is 6.00. The predicted molar refractivity (Wildman–Crippen MR) is 59.0 cm³/mol. The molecule has 0 saturated heterocycles. The lowest BCUT2D eigenvalue weighted by Gasteiger charge is -2.06. The SMILES string of the molecule is CCOc1cc(C#N)c(C(C)=O)c([N+](=O)[O-])c1. The molecule has 0 unspecified atom stereocenters. The van der Waals surface area contributed by atoms with Crippen LogP contribution in [-0.4, -0.2) is 17.3 Å². The van der Waals surface area contributed by atoms with E-state index < -0.39 is 16.4 Å². The van der Waals surface area contributed by atoms with Crippen LogP contribution in [0, 0.1) is 21.4 Å². The summed E-state index contributed by atoms with van der Waals surface area (Å²) in [4.78, 5) is 21.5. The number of ketones is 1. The highest BCUT2D eigenvalue weighted by atomic mass is 16.6. The number of nitriles is 1. The van der Waals surface area contributed by atoms with Crippen LogP contribution < -0.4 is 4.74 Å². The minimum Gasteiger partial charge on any atom is -0.494 e. The number of hydrogen-bond donors (Lipinski definition) is 0. The zero-order chi connectivity index (χ0) is 13.0. The summed E-state index contributed by atoms with van der Waals surface area (Å²) in [6.07, 6.45) is 0. The average molecular weight is 234 g/mol. The van der Waals surface area contributed by atoms with Gasteiger partial charge in [0.15, 0.2) is 5.78 Å². The van der Waals surface area contributed by atoms with Crippen molar-refractivity contribution in [1.29, 1.82) is 5.26 Å². The number of ether oxygens (including phenoxy) is 1. The molecule has 0 bridgehead atoms. The Morgan fingerprint density at radius 2 is 2.24 bits per heavy atom. The topological polar surface area (TPSA) is 93.2 Å². The maximum atomic E-state index is 11.3. The third-order valence-corrected chi connectivity index (χ3v) is 2.07. The summed E-state index contributed by atoms with van der Waals surface area (Å²) in [5.74, 6) is -0.308. The van der Waals surface area contributed by atoms with Crippen LogP contribution in [0.5, 0.6) is 5.75 Å². The van der Waals surface area contributed by atoms with Gasteiger partial charge in [0.05, 0.1) is 23.2 Å². The Morgan fingerprint density at radius 3 is 2.65 bits per heavy atom. The first-order valence-corrected chi connectivity index (χ1v) is 4.87. The summed E-state index contributed by atoms with van der Waals surface area (Å²) in [5.41, 5.74) is -0.629. The fourth-order valence-corrected chi connectivity index (χ4v) is 1.45. The van der Waals surface area contributed by atoms with Crippen molar-refractivity contribution in [2.24, 2.45) is 0 Å². The molecule has 6 nitrogen and oxygen atoms in total. The van der Waals surface area contributed by atoms with Gasteiger partial charge in [0.1, 0.15) is 17.4 Å². The standard InChI is InChI=1S/C11H10N2O4/c1-3-17-9-4-8(6-12)11(7(2)14)10(5-9)13(15)16/h4-5H,3H2,1-2H3. The van der Waals surface area contributed by atoms with Crippen molar-refractivity contribution in [3.8, 4) is 11.8 Å². The summed E-state index contributed by atoms with van der Waals surface area (Å²) in [6, 6.07) is 4.25.